The van der Waals surface area contributed by atoms with Gasteiger partial charge in [-0.25, -0.2) is 4.79 Å². The van der Waals surface area contributed by atoms with Crippen LogP contribution in [0.1, 0.15) is 26.3 Å². The highest BCUT2D eigenvalue weighted by molar-refractivity contribution is 5.81. The first-order valence-electron chi connectivity index (χ1n) is 8.53. The Kier molecular flexibility index (Phi) is 7.13. The third-order valence-electron chi connectivity index (χ3n) is 3.90. The van der Waals surface area contributed by atoms with Gasteiger partial charge >= 0.3 is 5.97 Å². The Morgan fingerprint density at radius 3 is 2.76 bits per heavy atom. The minimum absolute atomic E-state index is 0.294. The maximum atomic E-state index is 11.5. The Hall–Kier alpha value is -1.73. The quantitative estimate of drug-likeness (QED) is 0.550. The van der Waals surface area contributed by atoms with E-state index in [9.17, 15) is 9.90 Å². The van der Waals surface area contributed by atoms with Crippen molar-refractivity contribution in [2.45, 2.75) is 51.4 Å². The lowest BCUT2D eigenvalue weighted by Gasteiger charge is -2.28. The van der Waals surface area contributed by atoms with Gasteiger partial charge in [0.15, 0.2) is 5.79 Å². The summed E-state index contributed by atoms with van der Waals surface area (Å²) in [6.45, 7) is 6.63. The first kappa shape index (κ1) is 19.6. The van der Waals surface area contributed by atoms with E-state index in [1.165, 1.54) is 12.2 Å². The van der Waals surface area contributed by atoms with Crippen LogP contribution in [-0.2, 0) is 25.5 Å². The molecule has 1 aliphatic rings. The van der Waals surface area contributed by atoms with Gasteiger partial charge in [-0.3, -0.25) is 0 Å². The topological polar surface area (TPSA) is 77.0 Å². The van der Waals surface area contributed by atoms with Crippen molar-refractivity contribution in [3.63, 3.8) is 0 Å². The van der Waals surface area contributed by atoms with Crippen LogP contribution in [0.5, 0.6) is 0 Å². The predicted octanol–water partition coefficient (Wildman–Crippen LogP) is 1.78. The largest absolute Gasteiger partial charge is 0.463 e. The fraction of sp³-hybridized carbons (Fsp3) is 0.526. The molecule has 2 rings (SSSR count). The lowest BCUT2D eigenvalue weighted by Crippen LogP contribution is -2.49. The van der Waals surface area contributed by atoms with Crippen LogP contribution in [-0.4, -0.2) is 48.3 Å². The smallest absolute Gasteiger partial charge is 0.330 e. The predicted molar refractivity (Wildman–Crippen MR) is 93.8 cm³/mol. The molecule has 0 bridgehead atoms. The molecule has 1 aromatic carbocycles. The lowest BCUT2D eigenvalue weighted by atomic mass is 10.0. The van der Waals surface area contributed by atoms with E-state index in [2.05, 4.69) is 5.32 Å². The normalized spacial score (nSPS) is 22.0. The highest BCUT2D eigenvalue weighted by Crippen LogP contribution is 2.25. The van der Waals surface area contributed by atoms with Crippen LogP contribution >= 0.6 is 0 Å². The molecule has 1 fully saturated rings. The Bertz CT molecular complexity index is 572. The number of carbonyl (C=O) groups excluding carboxylic acids is 1. The molecule has 138 valence electrons. The number of hydrogen-bond acceptors (Lipinski definition) is 6. The van der Waals surface area contributed by atoms with Crippen LogP contribution in [0.25, 0.3) is 0 Å². The highest BCUT2D eigenvalue weighted by atomic mass is 16.7. The van der Waals surface area contributed by atoms with Crippen molar-refractivity contribution < 1.29 is 24.1 Å². The first-order valence-corrected chi connectivity index (χ1v) is 8.53. The minimum Gasteiger partial charge on any atom is -0.463 e. The molecule has 0 saturated carbocycles. The molecule has 0 aromatic heterocycles. The number of ether oxygens (including phenoxy) is 3. The molecule has 2 N–H and O–H groups in total. The maximum Gasteiger partial charge on any atom is 0.330 e. The summed E-state index contributed by atoms with van der Waals surface area (Å²) in [5.41, 5.74) is 1.09. The summed E-state index contributed by atoms with van der Waals surface area (Å²) in [6, 6.07) is 9.45. The second kappa shape index (κ2) is 9.10. The van der Waals surface area contributed by atoms with E-state index in [4.69, 9.17) is 14.2 Å². The summed E-state index contributed by atoms with van der Waals surface area (Å²) < 4.78 is 16.3. The molecule has 0 unspecified atom stereocenters. The molecule has 6 nitrogen and oxygen atoms in total. The van der Waals surface area contributed by atoms with Crippen LogP contribution < -0.4 is 5.32 Å². The van der Waals surface area contributed by atoms with Crippen molar-refractivity contribution in [1.29, 1.82) is 0 Å². The molecular formula is C19H27NO5. The standard InChI is InChI=1S/C19H27NO5/c1-4-23-17(22)11-10-15(21)18(16-13-24-19(2,3)25-16)20-12-14-8-6-5-7-9-14/h5-11,15-16,18,20-21H,4,12-13H2,1-3H3/b11-10+/t15-,16+,18+/m0/s1. The molecule has 0 aliphatic carbocycles. The van der Waals surface area contributed by atoms with Crippen molar-refractivity contribution in [3.8, 4) is 0 Å². The third-order valence-corrected chi connectivity index (χ3v) is 3.90. The third kappa shape index (κ3) is 6.25. The Labute approximate surface area is 148 Å². The maximum absolute atomic E-state index is 11.5. The fourth-order valence-corrected chi connectivity index (χ4v) is 2.68. The zero-order chi connectivity index (χ0) is 18.3. The average molecular weight is 349 g/mol. The van der Waals surface area contributed by atoms with Gasteiger partial charge < -0.3 is 24.6 Å². The second-order valence-corrected chi connectivity index (χ2v) is 6.36. The van der Waals surface area contributed by atoms with Crippen LogP contribution in [0.2, 0.25) is 0 Å². The summed E-state index contributed by atoms with van der Waals surface area (Å²) in [5.74, 6) is -1.17. The molecule has 0 radical (unpaired) electrons. The van der Waals surface area contributed by atoms with E-state index < -0.39 is 23.9 Å². The number of benzene rings is 1. The van der Waals surface area contributed by atoms with E-state index in [0.717, 1.165) is 5.56 Å². The SMILES string of the molecule is CCOC(=O)/C=C/[C@H](O)[C@@H](NCc1ccccc1)[C@H]1COC(C)(C)O1. The highest BCUT2D eigenvalue weighted by Gasteiger charge is 2.39. The molecule has 1 aliphatic heterocycles. The second-order valence-electron chi connectivity index (χ2n) is 6.36. The van der Waals surface area contributed by atoms with Crippen LogP contribution in [0.15, 0.2) is 42.5 Å². The van der Waals surface area contributed by atoms with Gasteiger partial charge in [-0.15, -0.1) is 0 Å². The van der Waals surface area contributed by atoms with E-state index in [1.807, 2.05) is 44.2 Å². The Morgan fingerprint density at radius 2 is 2.16 bits per heavy atom. The summed E-state index contributed by atoms with van der Waals surface area (Å²) in [4.78, 5) is 11.5. The monoisotopic (exact) mass is 349 g/mol. The van der Waals surface area contributed by atoms with Gasteiger partial charge in [-0.1, -0.05) is 30.3 Å². The van der Waals surface area contributed by atoms with Crippen molar-refractivity contribution in [1.82, 2.24) is 5.32 Å². The zero-order valence-electron chi connectivity index (χ0n) is 15.0. The van der Waals surface area contributed by atoms with Gasteiger partial charge in [0.05, 0.1) is 25.4 Å². The summed E-state index contributed by atoms with van der Waals surface area (Å²) in [5, 5.41) is 13.9. The van der Waals surface area contributed by atoms with Crippen molar-refractivity contribution in [2.75, 3.05) is 13.2 Å². The van der Waals surface area contributed by atoms with Gasteiger partial charge in [0.25, 0.3) is 0 Å². The molecule has 1 aromatic rings. The number of hydrogen-bond donors (Lipinski definition) is 2. The molecule has 6 heteroatoms. The lowest BCUT2D eigenvalue weighted by molar-refractivity contribution is -0.144. The van der Waals surface area contributed by atoms with E-state index in [1.54, 1.807) is 6.92 Å². The van der Waals surface area contributed by atoms with Gasteiger partial charge in [0.2, 0.25) is 0 Å². The Morgan fingerprint density at radius 1 is 1.44 bits per heavy atom. The first-order chi connectivity index (χ1) is 11.9. The molecule has 1 heterocycles. The average Bonchev–Trinajstić information content (AvgIpc) is 2.94. The number of esters is 1. The van der Waals surface area contributed by atoms with Gasteiger partial charge in [-0.2, -0.15) is 0 Å². The molecule has 0 amide bonds. The van der Waals surface area contributed by atoms with Crippen molar-refractivity contribution in [3.05, 3.63) is 48.0 Å². The summed E-state index contributed by atoms with van der Waals surface area (Å²) in [7, 11) is 0. The molecule has 1 saturated heterocycles. The molecule has 25 heavy (non-hydrogen) atoms. The van der Waals surface area contributed by atoms with Crippen LogP contribution in [0.3, 0.4) is 0 Å². The minimum atomic E-state index is -0.921. The summed E-state index contributed by atoms with van der Waals surface area (Å²) in [6.07, 6.45) is 1.41. The number of nitrogens with one attached hydrogen (secondary N) is 1. The van der Waals surface area contributed by atoms with Gasteiger partial charge in [0, 0.05) is 12.6 Å². The van der Waals surface area contributed by atoms with Crippen LogP contribution in [0, 0.1) is 0 Å². The van der Waals surface area contributed by atoms with Gasteiger partial charge in [-0.05, 0) is 32.4 Å². The number of carbonyl (C=O) groups is 1. The Balaban J connectivity index is 2.04. The van der Waals surface area contributed by atoms with Gasteiger partial charge in [0.1, 0.15) is 6.10 Å². The van der Waals surface area contributed by atoms with E-state index in [-0.39, 0.29) is 6.10 Å². The zero-order valence-corrected chi connectivity index (χ0v) is 15.0. The molecular weight excluding hydrogens is 322 g/mol. The fourth-order valence-electron chi connectivity index (χ4n) is 2.68. The number of rotatable bonds is 8. The van der Waals surface area contributed by atoms with Crippen molar-refractivity contribution in [2.24, 2.45) is 0 Å². The molecule has 0 spiro atoms. The number of aliphatic hydroxyl groups is 1. The van der Waals surface area contributed by atoms with Crippen molar-refractivity contribution >= 4 is 5.97 Å². The van der Waals surface area contributed by atoms with E-state index >= 15 is 0 Å². The van der Waals surface area contributed by atoms with Crippen LogP contribution in [0.4, 0.5) is 0 Å². The summed E-state index contributed by atoms with van der Waals surface area (Å²) >= 11 is 0. The molecule has 3 atom stereocenters. The number of aliphatic hydroxyl groups excluding tert-OH is 1. The van der Waals surface area contributed by atoms with E-state index in [0.29, 0.717) is 19.8 Å².